The van der Waals surface area contributed by atoms with Gasteiger partial charge in [0.05, 0.1) is 6.04 Å². The van der Waals surface area contributed by atoms with Crippen LogP contribution in [0.25, 0.3) is 21.8 Å². The summed E-state index contributed by atoms with van der Waals surface area (Å²) in [6.07, 6.45) is 6.64. The highest BCUT2D eigenvalue weighted by Gasteiger charge is 2.33. The second-order valence-electron chi connectivity index (χ2n) is 11.3. The number of hydrogen-bond donors (Lipinski definition) is 7. The smallest absolute Gasteiger partial charge is 0.326 e. The molecule has 0 spiro atoms. The van der Waals surface area contributed by atoms with Crippen LogP contribution in [0.5, 0.6) is 0 Å². The van der Waals surface area contributed by atoms with Crippen LogP contribution in [0.3, 0.4) is 0 Å². The Bertz CT molecular complexity index is 1630. The zero-order chi connectivity index (χ0) is 32.5. The lowest BCUT2D eigenvalue weighted by atomic mass is 9.96. The number of nitrogens with one attached hydrogen (secondary N) is 5. The van der Waals surface area contributed by atoms with E-state index in [1.807, 2.05) is 74.8 Å². The van der Waals surface area contributed by atoms with E-state index in [9.17, 15) is 24.3 Å². The fraction of sp³-hybridized carbons (Fsp3) is 0.394. The second kappa shape index (κ2) is 15.6. The molecule has 240 valence electrons. The fourth-order valence-corrected chi connectivity index (χ4v) is 5.82. The third-order valence-electron chi connectivity index (χ3n) is 8.20. The Morgan fingerprint density at radius 3 is 1.93 bits per heavy atom. The molecule has 0 saturated heterocycles. The number of rotatable bonds is 16. The van der Waals surface area contributed by atoms with Gasteiger partial charge in [0.2, 0.25) is 17.7 Å². The van der Waals surface area contributed by atoms with Crippen LogP contribution in [-0.2, 0) is 32.0 Å². The standard InChI is InChI=1S/C33H42N6O5S/c1-4-19(2)29(39-30(40)24(34)15-20-17-35-25-11-7-5-9-22(20)25)32(42)38-28(31(41)37-27(33(43)44)13-14-45-3)16-21-18-36-26-12-8-6-10-23(21)26/h5-12,17-19,24,27-29,35-36H,4,13-16,34H2,1-3H3,(H,37,41)(H,38,42)(H,39,40)(H,43,44). The van der Waals surface area contributed by atoms with Crippen molar-refractivity contribution in [1.82, 2.24) is 25.9 Å². The van der Waals surface area contributed by atoms with Crippen LogP contribution < -0.4 is 21.7 Å². The average molecular weight is 635 g/mol. The molecule has 0 aliphatic heterocycles. The Morgan fingerprint density at radius 1 is 0.822 bits per heavy atom. The highest BCUT2D eigenvalue weighted by molar-refractivity contribution is 7.98. The molecule has 2 aromatic heterocycles. The maximum atomic E-state index is 13.8. The molecule has 45 heavy (non-hydrogen) atoms. The molecule has 0 aliphatic rings. The maximum absolute atomic E-state index is 13.8. The molecule has 4 rings (SSSR count). The van der Waals surface area contributed by atoms with Gasteiger partial charge in [0.15, 0.2) is 0 Å². The van der Waals surface area contributed by atoms with Gasteiger partial charge in [-0.3, -0.25) is 14.4 Å². The minimum Gasteiger partial charge on any atom is -0.480 e. The summed E-state index contributed by atoms with van der Waals surface area (Å²) in [7, 11) is 0. The number of H-pyrrole nitrogens is 2. The monoisotopic (exact) mass is 634 g/mol. The first kappa shape index (κ1) is 33.6. The van der Waals surface area contributed by atoms with Gasteiger partial charge in [0.25, 0.3) is 0 Å². The van der Waals surface area contributed by atoms with E-state index in [0.29, 0.717) is 12.2 Å². The fourth-order valence-electron chi connectivity index (χ4n) is 5.35. The summed E-state index contributed by atoms with van der Waals surface area (Å²) in [5, 5.41) is 19.8. The molecule has 4 aromatic rings. The van der Waals surface area contributed by atoms with Crippen LogP contribution in [0.4, 0.5) is 0 Å². The molecule has 2 heterocycles. The summed E-state index contributed by atoms with van der Waals surface area (Å²) >= 11 is 1.48. The van der Waals surface area contributed by atoms with Gasteiger partial charge in [0.1, 0.15) is 18.1 Å². The number of amides is 3. The molecule has 8 N–H and O–H groups in total. The van der Waals surface area contributed by atoms with Crippen molar-refractivity contribution >= 4 is 57.3 Å². The van der Waals surface area contributed by atoms with Crippen molar-refractivity contribution in [2.45, 2.75) is 63.7 Å². The van der Waals surface area contributed by atoms with Crippen LogP contribution in [0.2, 0.25) is 0 Å². The van der Waals surface area contributed by atoms with E-state index in [1.165, 1.54) is 11.8 Å². The lowest BCUT2D eigenvalue weighted by Crippen LogP contribution is -2.59. The lowest BCUT2D eigenvalue weighted by Gasteiger charge is -2.28. The van der Waals surface area contributed by atoms with E-state index < -0.39 is 47.9 Å². The molecule has 5 atom stereocenters. The van der Waals surface area contributed by atoms with Gasteiger partial charge >= 0.3 is 5.97 Å². The van der Waals surface area contributed by atoms with Gasteiger partial charge in [-0.05, 0) is 54.0 Å². The molecule has 0 radical (unpaired) electrons. The number of fused-ring (bicyclic) bond motifs is 2. The quantitative estimate of drug-likeness (QED) is 0.0988. The molecule has 0 aliphatic carbocycles. The van der Waals surface area contributed by atoms with Crippen molar-refractivity contribution < 1.29 is 24.3 Å². The molecule has 0 saturated carbocycles. The maximum Gasteiger partial charge on any atom is 0.326 e. The van der Waals surface area contributed by atoms with E-state index >= 15 is 0 Å². The zero-order valence-corrected chi connectivity index (χ0v) is 26.6. The largest absolute Gasteiger partial charge is 0.480 e. The molecule has 0 fully saturated rings. The molecule has 2 aromatic carbocycles. The third-order valence-corrected chi connectivity index (χ3v) is 8.85. The first-order valence-corrected chi connectivity index (χ1v) is 16.5. The number of carboxylic acid groups (broad SMARTS) is 1. The van der Waals surface area contributed by atoms with Gasteiger partial charge in [-0.1, -0.05) is 56.7 Å². The number of carbonyl (C=O) groups is 4. The summed E-state index contributed by atoms with van der Waals surface area (Å²) in [4.78, 5) is 59.0. The first-order valence-electron chi connectivity index (χ1n) is 15.1. The summed E-state index contributed by atoms with van der Waals surface area (Å²) in [5.41, 5.74) is 9.81. The number of carbonyl (C=O) groups excluding carboxylic acids is 3. The van der Waals surface area contributed by atoms with E-state index in [4.69, 9.17) is 5.73 Å². The SMILES string of the molecule is CCC(C)C(NC(=O)C(N)Cc1c[nH]c2ccccc12)C(=O)NC(Cc1c[nH]c2ccccc12)C(=O)NC(CCSC)C(=O)O. The summed E-state index contributed by atoms with van der Waals surface area (Å²) in [6.45, 7) is 3.75. The molecule has 3 amide bonds. The van der Waals surface area contributed by atoms with Crippen LogP contribution in [-0.4, -0.2) is 74.9 Å². The number of aliphatic carboxylic acids is 1. The summed E-state index contributed by atoms with van der Waals surface area (Å²) in [5.74, 6) is -2.54. The Balaban J connectivity index is 1.53. The van der Waals surface area contributed by atoms with Crippen molar-refractivity contribution in [2.75, 3.05) is 12.0 Å². The predicted octanol–water partition coefficient (Wildman–Crippen LogP) is 3.10. The van der Waals surface area contributed by atoms with Gasteiger partial charge in [-0.25, -0.2) is 4.79 Å². The normalized spacial score (nSPS) is 14.8. The van der Waals surface area contributed by atoms with Crippen molar-refractivity contribution in [2.24, 2.45) is 11.7 Å². The van der Waals surface area contributed by atoms with Crippen molar-refractivity contribution in [3.63, 3.8) is 0 Å². The highest BCUT2D eigenvalue weighted by Crippen LogP contribution is 2.21. The van der Waals surface area contributed by atoms with Gasteiger partial charge < -0.3 is 36.8 Å². The minimum atomic E-state index is -1.15. The Labute approximate surface area is 266 Å². The van der Waals surface area contributed by atoms with Crippen molar-refractivity contribution in [3.05, 3.63) is 72.1 Å². The number of hydrogen-bond acceptors (Lipinski definition) is 6. The minimum absolute atomic E-state index is 0.109. The van der Waals surface area contributed by atoms with Gasteiger partial charge in [-0.2, -0.15) is 11.8 Å². The number of para-hydroxylation sites is 2. The Hall–Kier alpha value is -4.29. The third kappa shape index (κ3) is 8.46. The molecule has 12 heteroatoms. The van der Waals surface area contributed by atoms with E-state index in [2.05, 4.69) is 25.9 Å². The number of aromatic nitrogens is 2. The number of aromatic amines is 2. The van der Waals surface area contributed by atoms with E-state index in [-0.39, 0.29) is 25.2 Å². The predicted molar refractivity (Wildman–Crippen MR) is 178 cm³/mol. The second-order valence-corrected chi connectivity index (χ2v) is 12.3. The lowest BCUT2D eigenvalue weighted by molar-refractivity contribution is -0.142. The first-order chi connectivity index (χ1) is 21.6. The van der Waals surface area contributed by atoms with Crippen LogP contribution in [0, 0.1) is 5.92 Å². The number of benzene rings is 2. The molecule has 11 nitrogen and oxygen atoms in total. The summed E-state index contributed by atoms with van der Waals surface area (Å²) < 4.78 is 0. The Kier molecular flexibility index (Phi) is 11.7. The summed E-state index contributed by atoms with van der Waals surface area (Å²) in [6, 6.07) is 11.2. The van der Waals surface area contributed by atoms with Crippen molar-refractivity contribution in [1.29, 1.82) is 0 Å². The Morgan fingerprint density at radius 2 is 1.38 bits per heavy atom. The highest BCUT2D eigenvalue weighted by atomic mass is 32.2. The number of thioether (sulfide) groups is 1. The number of nitrogens with two attached hydrogens (primary N) is 1. The topological polar surface area (TPSA) is 182 Å². The average Bonchev–Trinajstić information content (AvgIpc) is 3.64. The van der Waals surface area contributed by atoms with Crippen molar-refractivity contribution in [3.8, 4) is 0 Å². The molecular weight excluding hydrogens is 592 g/mol. The van der Waals surface area contributed by atoms with Crippen LogP contribution >= 0.6 is 11.8 Å². The molecule has 5 unspecified atom stereocenters. The van der Waals surface area contributed by atoms with Gasteiger partial charge in [0, 0.05) is 40.6 Å². The van der Waals surface area contributed by atoms with E-state index in [0.717, 1.165) is 32.9 Å². The zero-order valence-electron chi connectivity index (χ0n) is 25.8. The van der Waals surface area contributed by atoms with Crippen LogP contribution in [0.15, 0.2) is 60.9 Å². The van der Waals surface area contributed by atoms with E-state index in [1.54, 1.807) is 6.20 Å². The molecule has 0 bridgehead atoms. The van der Waals surface area contributed by atoms with Crippen LogP contribution in [0.1, 0.15) is 37.8 Å². The number of carboxylic acids is 1. The molecular formula is C33H42N6O5S. The van der Waals surface area contributed by atoms with Gasteiger partial charge in [-0.15, -0.1) is 0 Å².